The van der Waals surface area contributed by atoms with Crippen molar-refractivity contribution in [1.29, 1.82) is 0 Å². The zero-order valence-corrected chi connectivity index (χ0v) is 14.8. The highest BCUT2D eigenvalue weighted by Gasteiger charge is 2.28. The fraction of sp³-hybridized carbons (Fsp3) is 0.150. The standard InChI is InChI=1S/C20H16N4O3/c1-12-11-18(25)24(22-12)19(26)14-7-9-15(10-8-14)23-13(2)21-17-6-4-3-5-16(17)20(23)27/h3-10H,11H2,1-2H3. The van der Waals surface area contributed by atoms with Gasteiger partial charge in [0.25, 0.3) is 17.4 Å². The number of carbonyl (C=O) groups is 2. The Bertz CT molecular complexity index is 1180. The number of imide groups is 1. The van der Waals surface area contributed by atoms with Crippen LogP contribution in [0.2, 0.25) is 0 Å². The molecule has 0 atom stereocenters. The van der Waals surface area contributed by atoms with Gasteiger partial charge in [-0.1, -0.05) is 12.1 Å². The van der Waals surface area contributed by atoms with Gasteiger partial charge in [0, 0.05) is 11.3 Å². The molecule has 0 saturated heterocycles. The van der Waals surface area contributed by atoms with Crippen LogP contribution in [0.15, 0.2) is 58.4 Å². The van der Waals surface area contributed by atoms with Crippen molar-refractivity contribution >= 4 is 28.4 Å². The Labute approximate surface area is 154 Å². The number of aryl methyl sites for hydroxylation is 1. The summed E-state index contributed by atoms with van der Waals surface area (Å²) in [5, 5.41) is 5.39. The van der Waals surface area contributed by atoms with Gasteiger partial charge in [-0.25, -0.2) is 4.98 Å². The highest BCUT2D eigenvalue weighted by atomic mass is 16.2. The predicted molar refractivity (Wildman–Crippen MR) is 101 cm³/mol. The topological polar surface area (TPSA) is 84.6 Å². The quantitative estimate of drug-likeness (QED) is 0.657. The number of hydrogen-bond donors (Lipinski definition) is 0. The van der Waals surface area contributed by atoms with E-state index < -0.39 is 5.91 Å². The second-order valence-corrected chi connectivity index (χ2v) is 6.39. The normalized spacial score (nSPS) is 13.9. The molecule has 1 aliphatic heterocycles. The minimum Gasteiger partial charge on any atom is -0.272 e. The van der Waals surface area contributed by atoms with E-state index in [1.165, 1.54) is 4.57 Å². The van der Waals surface area contributed by atoms with Crippen LogP contribution in [-0.2, 0) is 4.79 Å². The molecule has 7 heteroatoms. The monoisotopic (exact) mass is 360 g/mol. The smallest absolute Gasteiger partial charge is 0.272 e. The van der Waals surface area contributed by atoms with Crippen molar-refractivity contribution in [3.05, 3.63) is 70.3 Å². The summed E-state index contributed by atoms with van der Waals surface area (Å²) in [7, 11) is 0. The van der Waals surface area contributed by atoms with Gasteiger partial charge in [0.2, 0.25) is 0 Å². The van der Waals surface area contributed by atoms with Crippen LogP contribution >= 0.6 is 0 Å². The van der Waals surface area contributed by atoms with Gasteiger partial charge >= 0.3 is 0 Å². The largest absolute Gasteiger partial charge is 0.281 e. The first-order valence-electron chi connectivity index (χ1n) is 8.46. The molecule has 134 valence electrons. The van der Waals surface area contributed by atoms with Gasteiger partial charge in [0.05, 0.1) is 23.0 Å². The molecule has 3 aromatic rings. The third kappa shape index (κ3) is 2.83. The summed E-state index contributed by atoms with van der Waals surface area (Å²) in [5.41, 5.74) is 2.00. The molecule has 0 aliphatic carbocycles. The van der Waals surface area contributed by atoms with Gasteiger partial charge in [0.1, 0.15) is 5.82 Å². The Balaban J connectivity index is 1.73. The summed E-state index contributed by atoms with van der Waals surface area (Å²) in [4.78, 5) is 41.6. The van der Waals surface area contributed by atoms with Gasteiger partial charge in [-0.15, -0.1) is 0 Å². The first-order valence-corrected chi connectivity index (χ1v) is 8.46. The molecule has 7 nitrogen and oxygen atoms in total. The number of fused-ring (bicyclic) bond motifs is 1. The Morgan fingerprint density at radius 2 is 1.70 bits per heavy atom. The second-order valence-electron chi connectivity index (χ2n) is 6.39. The summed E-state index contributed by atoms with van der Waals surface area (Å²) >= 11 is 0. The number of benzene rings is 2. The van der Waals surface area contributed by atoms with E-state index in [1.807, 2.05) is 6.07 Å². The first kappa shape index (κ1) is 16.8. The molecule has 0 bridgehead atoms. The molecular weight excluding hydrogens is 344 g/mol. The van der Waals surface area contributed by atoms with Gasteiger partial charge in [-0.2, -0.15) is 10.1 Å². The van der Waals surface area contributed by atoms with Crippen LogP contribution in [0.25, 0.3) is 16.6 Å². The molecule has 0 unspecified atom stereocenters. The molecule has 0 radical (unpaired) electrons. The molecule has 0 saturated carbocycles. The average molecular weight is 360 g/mol. The van der Waals surface area contributed by atoms with Gasteiger partial charge in [0.15, 0.2) is 0 Å². The van der Waals surface area contributed by atoms with Crippen molar-refractivity contribution in [1.82, 2.24) is 14.6 Å². The molecule has 4 rings (SSSR count). The van der Waals surface area contributed by atoms with Crippen molar-refractivity contribution < 1.29 is 9.59 Å². The van der Waals surface area contributed by atoms with Crippen LogP contribution in [0.3, 0.4) is 0 Å². The maximum absolute atomic E-state index is 12.8. The highest BCUT2D eigenvalue weighted by molar-refractivity contribution is 6.13. The number of amides is 2. The summed E-state index contributed by atoms with van der Waals surface area (Å²) in [5.74, 6) is -0.274. The number of para-hydroxylation sites is 1. The molecule has 0 N–H and O–H groups in total. The van der Waals surface area contributed by atoms with Crippen LogP contribution in [-0.4, -0.2) is 32.1 Å². The Morgan fingerprint density at radius 3 is 2.37 bits per heavy atom. The fourth-order valence-corrected chi connectivity index (χ4v) is 3.14. The summed E-state index contributed by atoms with van der Waals surface area (Å²) in [6.07, 6.45) is 0.154. The predicted octanol–water partition coefficient (Wildman–Crippen LogP) is 2.44. The van der Waals surface area contributed by atoms with Crippen LogP contribution < -0.4 is 5.56 Å². The third-order valence-corrected chi connectivity index (χ3v) is 4.42. The SMILES string of the molecule is CC1=NN(C(=O)c2ccc(-n3c(C)nc4ccccc4c3=O)cc2)C(=O)C1. The molecule has 1 aromatic heterocycles. The third-order valence-electron chi connectivity index (χ3n) is 4.42. The number of rotatable bonds is 2. The van der Waals surface area contributed by atoms with Gasteiger partial charge in [-0.3, -0.25) is 19.0 Å². The van der Waals surface area contributed by atoms with E-state index in [4.69, 9.17) is 0 Å². The zero-order valence-electron chi connectivity index (χ0n) is 14.8. The average Bonchev–Trinajstić information content (AvgIpc) is 3.00. The second kappa shape index (κ2) is 6.28. The number of aromatic nitrogens is 2. The summed E-state index contributed by atoms with van der Waals surface area (Å²) < 4.78 is 1.50. The fourth-order valence-electron chi connectivity index (χ4n) is 3.14. The lowest BCUT2D eigenvalue weighted by atomic mass is 10.1. The Kier molecular flexibility index (Phi) is 3.92. The maximum Gasteiger partial charge on any atom is 0.281 e. The van der Waals surface area contributed by atoms with Crippen LogP contribution in [0.4, 0.5) is 0 Å². The molecule has 2 aromatic carbocycles. The number of hydrogen-bond acceptors (Lipinski definition) is 5. The molecule has 2 heterocycles. The van der Waals surface area contributed by atoms with Crippen molar-refractivity contribution in [2.45, 2.75) is 20.3 Å². The Morgan fingerprint density at radius 1 is 1.00 bits per heavy atom. The summed E-state index contributed by atoms with van der Waals surface area (Å²) in [6, 6.07) is 13.6. The number of hydrazone groups is 1. The maximum atomic E-state index is 12.8. The molecule has 27 heavy (non-hydrogen) atoms. The Hall–Kier alpha value is -3.61. The molecule has 0 spiro atoms. The molecule has 1 aliphatic rings. The zero-order chi connectivity index (χ0) is 19.1. The van der Waals surface area contributed by atoms with E-state index >= 15 is 0 Å². The lowest BCUT2D eigenvalue weighted by molar-refractivity contribution is -0.126. The van der Waals surface area contributed by atoms with E-state index in [1.54, 1.807) is 56.3 Å². The molecule has 2 amide bonds. The van der Waals surface area contributed by atoms with Crippen molar-refractivity contribution in [2.75, 3.05) is 0 Å². The van der Waals surface area contributed by atoms with E-state index in [2.05, 4.69) is 10.1 Å². The first-order chi connectivity index (χ1) is 13.0. The van der Waals surface area contributed by atoms with Crippen molar-refractivity contribution in [3.8, 4) is 5.69 Å². The van der Waals surface area contributed by atoms with Crippen molar-refractivity contribution in [2.24, 2.45) is 5.10 Å². The van der Waals surface area contributed by atoms with Crippen LogP contribution in [0, 0.1) is 6.92 Å². The molecular formula is C20H16N4O3. The van der Waals surface area contributed by atoms with Gasteiger partial charge in [-0.05, 0) is 50.2 Å². The van der Waals surface area contributed by atoms with Gasteiger partial charge < -0.3 is 0 Å². The highest BCUT2D eigenvalue weighted by Crippen LogP contribution is 2.17. The van der Waals surface area contributed by atoms with E-state index in [-0.39, 0.29) is 17.9 Å². The number of carbonyl (C=O) groups excluding carboxylic acids is 2. The van der Waals surface area contributed by atoms with E-state index in [0.29, 0.717) is 33.7 Å². The number of nitrogens with zero attached hydrogens (tertiary/aromatic N) is 4. The van der Waals surface area contributed by atoms with Crippen molar-refractivity contribution in [3.63, 3.8) is 0 Å². The van der Waals surface area contributed by atoms with Crippen LogP contribution in [0.5, 0.6) is 0 Å². The minimum atomic E-state index is -0.482. The molecule has 0 fully saturated rings. The minimum absolute atomic E-state index is 0.154. The lowest BCUT2D eigenvalue weighted by Crippen LogP contribution is -2.28. The van der Waals surface area contributed by atoms with Crippen LogP contribution in [0.1, 0.15) is 29.5 Å². The van der Waals surface area contributed by atoms with E-state index in [9.17, 15) is 14.4 Å². The lowest BCUT2D eigenvalue weighted by Gasteiger charge is -2.13. The summed E-state index contributed by atoms with van der Waals surface area (Å²) in [6.45, 7) is 3.46. The van der Waals surface area contributed by atoms with E-state index in [0.717, 1.165) is 5.01 Å².